The summed E-state index contributed by atoms with van der Waals surface area (Å²) in [6.07, 6.45) is 5.29. The lowest BCUT2D eigenvalue weighted by Gasteiger charge is -2.26. The number of rotatable bonds is 5. The Kier molecular flexibility index (Phi) is 5.67. The van der Waals surface area contributed by atoms with Crippen LogP contribution in [-0.4, -0.2) is 27.4 Å². The largest absolute Gasteiger partial charge is 0.515 e. The molecule has 0 saturated heterocycles. The maximum Gasteiger partial charge on any atom is 0.201 e. The predicted octanol–water partition coefficient (Wildman–Crippen LogP) is 3.03. The van der Waals surface area contributed by atoms with Gasteiger partial charge in [0.05, 0.1) is 17.8 Å². The van der Waals surface area contributed by atoms with Crippen molar-refractivity contribution in [3.63, 3.8) is 0 Å². The lowest BCUT2D eigenvalue weighted by molar-refractivity contribution is -0.137. The molecular weight excluding hydrogens is 268 g/mol. The molecule has 21 heavy (non-hydrogen) atoms. The molecule has 2 atom stereocenters. The molecule has 0 radical (unpaired) electrons. The number of ketones is 2. The number of hydrogen-bond acceptors (Lipinski definition) is 4. The molecule has 116 valence electrons. The fraction of sp³-hybridized carbons (Fsp3) is 0.529. The molecule has 0 bridgehead atoms. The second kappa shape index (κ2) is 6.85. The molecule has 0 aromatic heterocycles. The average Bonchev–Trinajstić information content (AvgIpc) is 2.55. The van der Waals surface area contributed by atoms with Crippen LogP contribution in [0.2, 0.25) is 0 Å². The zero-order valence-electron chi connectivity index (χ0n) is 13.1. The quantitative estimate of drug-likeness (QED) is 0.353. The molecule has 0 aromatic rings. The highest BCUT2D eigenvalue weighted by molar-refractivity contribution is 6.30. The maximum atomic E-state index is 12.3. The van der Waals surface area contributed by atoms with Gasteiger partial charge >= 0.3 is 0 Å². The van der Waals surface area contributed by atoms with Gasteiger partial charge in [0.1, 0.15) is 5.60 Å². The summed E-state index contributed by atoms with van der Waals surface area (Å²) in [6.45, 7) is 7.66. The van der Waals surface area contributed by atoms with Crippen LogP contribution in [-0.2, 0) is 9.59 Å². The maximum absolute atomic E-state index is 12.3. The van der Waals surface area contributed by atoms with Crippen LogP contribution in [0, 0.1) is 5.92 Å². The van der Waals surface area contributed by atoms with Gasteiger partial charge in [0.2, 0.25) is 5.78 Å². The first-order chi connectivity index (χ1) is 9.74. The monoisotopic (exact) mass is 292 g/mol. The smallest absolute Gasteiger partial charge is 0.201 e. The molecule has 0 aliphatic heterocycles. The van der Waals surface area contributed by atoms with E-state index < -0.39 is 23.1 Å². The van der Waals surface area contributed by atoms with E-state index >= 15 is 0 Å². The molecular formula is C17H24O4. The Bertz CT molecular complexity index is 517. The molecule has 2 unspecified atom stereocenters. The van der Waals surface area contributed by atoms with Gasteiger partial charge in [-0.05, 0) is 47.0 Å². The SMILES string of the molecule is CC(C)=CCCC1(O)C(=O)C(=CO)C(=O)C1CC=C(C)C. The van der Waals surface area contributed by atoms with Gasteiger partial charge in [-0.3, -0.25) is 9.59 Å². The standard InChI is InChI=1S/C17H24O4/c1-11(2)6-5-9-17(21)14(8-7-12(3)4)15(19)13(10-18)16(17)20/h6-7,10,14,18,21H,5,8-9H2,1-4H3. The summed E-state index contributed by atoms with van der Waals surface area (Å²) in [5, 5.41) is 19.8. The number of carbonyl (C=O) groups is 2. The van der Waals surface area contributed by atoms with Gasteiger partial charge in [0.15, 0.2) is 5.78 Å². The molecule has 1 aliphatic carbocycles. The molecule has 1 fully saturated rings. The molecule has 4 nitrogen and oxygen atoms in total. The summed E-state index contributed by atoms with van der Waals surface area (Å²) in [5.74, 6) is -1.95. The van der Waals surface area contributed by atoms with Crippen LogP contribution < -0.4 is 0 Å². The zero-order valence-corrected chi connectivity index (χ0v) is 13.1. The predicted molar refractivity (Wildman–Crippen MR) is 81.9 cm³/mol. The van der Waals surface area contributed by atoms with Crippen LogP contribution >= 0.6 is 0 Å². The molecule has 2 N–H and O–H groups in total. The van der Waals surface area contributed by atoms with Crippen molar-refractivity contribution >= 4 is 11.6 Å². The Morgan fingerprint density at radius 2 is 1.71 bits per heavy atom. The van der Waals surface area contributed by atoms with Crippen LogP contribution in [0.5, 0.6) is 0 Å². The second-order valence-corrected chi connectivity index (χ2v) is 6.05. The fourth-order valence-corrected chi connectivity index (χ4v) is 2.55. The molecule has 0 heterocycles. The van der Waals surface area contributed by atoms with E-state index in [0.717, 1.165) is 11.1 Å². The topological polar surface area (TPSA) is 74.6 Å². The minimum absolute atomic E-state index is 0.182. The summed E-state index contributed by atoms with van der Waals surface area (Å²) in [5.41, 5.74) is 0.100. The minimum Gasteiger partial charge on any atom is -0.515 e. The third kappa shape index (κ3) is 3.70. The lowest BCUT2D eigenvalue weighted by atomic mass is 9.83. The Morgan fingerprint density at radius 1 is 1.14 bits per heavy atom. The zero-order chi connectivity index (χ0) is 16.2. The summed E-state index contributed by atoms with van der Waals surface area (Å²) < 4.78 is 0. The molecule has 4 heteroatoms. The van der Waals surface area contributed by atoms with Crippen molar-refractivity contribution < 1.29 is 19.8 Å². The Balaban J connectivity index is 3.09. The molecule has 1 saturated carbocycles. The Hall–Kier alpha value is -1.68. The van der Waals surface area contributed by atoms with Crippen molar-refractivity contribution in [3.8, 4) is 0 Å². The highest BCUT2D eigenvalue weighted by Crippen LogP contribution is 2.39. The van der Waals surface area contributed by atoms with E-state index in [1.54, 1.807) is 0 Å². The number of carbonyl (C=O) groups excluding carboxylic acids is 2. The van der Waals surface area contributed by atoms with E-state index in [1.807, 2.05) is 39.8 Å². The van der Waals surface area contributed by atoms with Gasteiger partial charge in [0.25, 0.3) is 0 Å². The van der Waals surface area contributed by atoms with Gasteiger partial charge in [-0.1, -0.05) is 23.3 Å². The van der Waals surface area contributed by atoms with E-state index in [0.29, 0.717) is 19.1 Å². The summed E-state index contributed by atoms with van der Waals surface area (Å²) in [7, 11) is 0. The number of aliphatic hydroxyl groups excluding tert-OH is 1. The number of Topliss-reactive ketones (excluding diaryl/α,β-unsaturated/α-hetero) is 2. The first-order valence-electron chi connectivity index (χ1n) is 7.16. The Labute approximate surface area is 125 Å². The van der Waals surface area contributed by atoms with Crippen molar-refractivity contribution in [1.82, 2.24) is 0 Å². The van der Waals surface area contributed by atoms with Crippen molar-refractivity contribution in [2.24, 2.45) is 5.92 Å². The molecule has 0 amide bonds. The highest BCUT2D eigenvalue weighted by Gasteiger charge is 2.55. The van der Waals surface area contributed by atoms with Crippen LogP contribution in [0.3, 0.4) is 0 Å². The number of hydrogen-bond donors (Lipinski definition) is 2. The number of allylic oxidation sites excluding steroid dienone is 4. The third-order valence-corrected chi connectivity index (χ3v) is 3.77. The second-order valence-electron chi connectivity index (χ2n) is 6.05. The van der Waals surface area contributed by atoms with Crippen LogP contribution in [0.1, 0.15) is 47.0 Å². The van der Waals surface area contributed by atoms with E-state index in [1.165, 1.54) is 0 Å². The first kappa shape index (κ1) is 17.4. The molecule has 1 aliphatic rings. The summed E-state index contributed by atoms with van der Waals surface area (Å²) in [6, 6.07) is 0. The normalized spacial score (nSPS) is 27.1. The van der Waals surface area contributed by atoms with Crippen molar-refractivity contribution in [3.05, 3.63) is 35.1 Å². The number of aliphatic hydroxyl groups is 2. The summed E-state index contributed by atoms with van der Waals surface area (Å²) >= 11 is 0. The van der Waals surface area contributed by atoms with Crippen molar-refractivity contribution in [1.29, 1.82) is 0 Å². The van der Waals surface area contributed by atoms with Crippen LogP contribution in [0.15, 0.2) is 35.1 Å². The van der Waals surface area contributed by atoms with Gasteiger partial charge in [-0.25, -0.2) is 0 Å². The highest BCUT2D eigenvalue weighted by atomic mass is 16.3. The van der Waals surface area contributed by atoms with Crippen molar-refractivity contribution in [2.75, 3.05) is 0 Å². The average molecular weight is 292 g/mol. The lowest BCUT2D eigenvalue weighted by Crippen LogP contribution is -2.41. The van der Waals surface area contributed by atoms with Gasteiger partial charge in [-0.15, -0.1) is 0 Å². The molecule has 0 aromatic carbocycles. The van der Waals surface area contributed by atoms with Crippen molar-refractivity contribution in [2.45, 2.75) is 52.6 Å². The first-order valence-corrected chi connectivity index (χ1v) is 7.16. The van der Waals surface area contributed by atoms with E-state index in [4.69, 9.17) is 5.11 Å². The molecule has 0 spiro atoms. The van der Waals surface area contributed by atoms with Gasteiger partial charge in [-0.2, -0.15) is 0 Å². The fourth-order valence-electron chi connectivity index (χ4n) is 2.55. The minimum atomic E-state index is -1.72. The van der Waals surface area contributed by atoms with Gasteiger partial charge in [0, 0.05) is 0 Å². The molecule has 1 rings (SSSR count). The van der Waals surface area contributed by atoms with Crippen LogP contribution in [0.4, 0.5) is 0 Å². The van der Waals surface area contributed by atoms with E-state index in [2.05, 4.69) is 0 Å². The summed E-state index contributed by atoms with van der Waals surface area (Å²) in [4.78, 5) is 24.5. The van der Waals surface area contributed by atoms with Crippen LogP contribution in [0.25, 0.3) is 0 Å². The third-order valence-electron chi connectivity index (χ3n) is 3.77. The van der Waals surface area contributed by atoms with E-state index in [9.17, 15) is 14.7 Å². The van der Waals surface area contributed by atoms with Gasteiger partial charge < -0.3 is 10.2 Å². The van der Waals surface area contributed by atoms with E-state index in [-0.39, 0.29) is 12.0 Å². The Morgan fingerprint density at radius 3 is 2.19 bits per heavy atom.